The third-order valence-corrected chi connectivity index (χ3v) is 4.99. The third-order valence-electron chi connectivity index (χ3n) is 4.99. The Hall–Kier alpha value is -0.610. The number of rotatable bonds is 2. The van der Waals surface area contributed by atoms with E-state index in [1.807, 2.05) is 0 Å². The zero-order valence-corrected chi connectivity index (χ0v) is 13.9. The van der Waals surface area contributed by atoms with Crippen LogP contribution in [-0.4, -0.2) is 71.5 Å². The molecule has 0 atom stereocenters. The summed E-state index contributed by atoms with van der Waals surface area (Å²) in [6.45, 7) is 13.6. The van der Waals surface area contributed by atoms with Crippen LogP contribution in [0.2, 0.25) is 0 Å². The fourth-order valence-corrected chi connectivity index (χ4v) is 3.94. The molecule has 0 aliphatic carbocycles. The molecule has 0 aromatic carbocycles. The standard InChI is InChI=1S/C16H31N3O/c1-15(2)7-6-8-16(3,4)19(15)14(20)13-18-11-9-17(5)10-12-18/h6-13H2,1-5H3. The summed E-state index contributed by atoms with van der Waals surface area (Å²) >= 11 is 0. The van der Waals surface area contributed by atoms with Crippen molar-refractivity contribution in [1.82, 2.24) is 14.7 Å². The molecule has 0 saturated carbocycles. The van der Waals surface area contributed by atoms with E-state index in [9.17, 15) is 4.79 Å². The number of likely N-dealkylation sites (N-methyl/N-ethyl adjacent to an activating group) is 1. The molecular formula is C16H31N3O. The maximum atomic E-state index is 12.8. The summed E-state index contributed by atoms with van der Waals surface area (Å²) < 4.78 is 0. The van der Waals surface area contributed by atoms with Crippen molar-refractivity contribution in [3.8, 4) is 0 Å². The zero-order chi connectivity index (χ0) is 15.0. The summed E-state index contributed by atoms with van der Waals surface area (Å²) in [5.74, 6) is 0.309. The summed E-state index contributed by atoms with van der Waals surface area (Å²) in [7, 11) is 2.15. The molecule has 4 nitrogen and oxygen atoms in total. The number of piperazine rings is 1. The minimum atomic E-state index is -0.00852. The van der Waals surface area contributed by atoms with E-state index in [1.165, 1.54) is 6.42 Å². The first kappa shape index (κ1) is 15.8. The van der Waals surface area contributed by atoms with Gasteiger partial charge < -0.3 is 9.80 Å². The number of likely N-dealkylation sites (tertiary alicyclic amines) is 1. The van der Waals surface area contributed by atoms with Crippen molar-refractivity contribution in [3.05, 3.63) is 0 Å². The molecule has 0 aromatic rings. The van der Waals surface area contributed by atoms with E-state index in [-0.39, 0.29) is 11.1 Å². The number of hydrogen-bond acceptors (Lipinski definition) is 3. The molecule has 2 saturated heterocycles. The van der Waals surface area contributed by atoms with E-state index in [0.29, 0.717) is 12.5 Å². The number of nitrogens with zero attached hydrogens (tertiary/aromatic N) is 3. The Morgan fingerprint density at radius 1 is 0.950 bits per heavy atom. The molecule has 2 aliphatic heterocycles. The minimum absolute atomic E-state index is 0.00852. The first-order valence-corrected chi connectivity index (χ1v) is 7.96. The van der Waals surface area contributed by atoms with E-state index in [0.717, 1.165) is 39.0 Å². The van der Waals surface area contributed by atoms with Crippen LogP contribution in [0, 0.1) is 0 Å². The van der Waals surface area contributed by atoms with Crippen molar-refractivity contribution in [2.24, 2.45) is 0 Å². The molecule has 2 heterocycles. The quantitative estimate of drug-likeness (QED) is 0.772. The second-order valence-corrected chi connectivity index (χ2v) is 7.79. The molecule has 0 spiro atoms. The van der Waals surface area contributed by atoms with Crippen LogP contribution >= 0.6 is 0 Å². The Kier molecular flexibility index (Phi) is 4.45. The molecule has 2 fully saturated rings. The number of amides is 1. The van der Waals surface area contributed by atoms with Crippen LogP contribution in [-0.2, 0) is 4.79 Å². The molecule has 20 heavy (non-hydrogen) atoms. The summed E-state index contributed by atoms with van der Waals surface area (Å²) in [5.41, 5.74) is -0.0170. The third kappa shape index (κ3) is 3.34. The molecular weight excluding hydrogens is 250 g/mol. The maximum Gasteiger partial charge on any atom is 0.237 e. The van der Waals surface area contributed by atoms with Crippen LogP contribution in [0.25, 0.3) is 0 Å². The van der Waals surface area contributed by atoms with Crippen molar-refractivity contribution in [1.29, 1.82) is 0 Å². The Morgan fingerprint density at radius 2 is 1.45 bits per heavy atom. The van der Waals surface area contributed by atoms with Crippen molar-refractivity contribution in [3.63, 3.8) is 0 Å². The summed E-state index contributed by atoms with van der Waals surface area (Å²) in [6, 6.07) is 0. The van der Waals surface area contributed by atoms with Crippen LogP contribution < -0.4 is 0 Å². The summed E-state index contributed by atoms with van der Waals surface area (Å²) in [6.07, 6.45) is 3.45. The van der Waals surface area contributed by atoms with E-state index < -0.39 is 0 Å². The van der Waals surface area contributed by atoms with E-state index in [1.54, 1.807) is 0 Å². The predicted octanol–water partition coefficient (Wildman–Crippen LogP) is 1.80. The van der Waals surface area contributed by atoms with Gasteiger partial charge >= 0.3 is 0 Å². The molecule has 0 unspecified atom stereocenters. The second-order valence-electron chi connectivity index (χ2n) is 7.79. The first-order valence-electron chi connectivity index (χ1n) is 7.96. The van der Waals surface area contributed by atoms with E-state index >= 15 is 0 Å². The van der Waals surface area contributed by atoms with Crippen LogP contribution in [0.15, 0.2) is 0 Å². The van der Waals surface area contributed by atoms with Crippen LogP contribution in [0.4, 0.5) is 0 Å². The van der Waals surface area contributed by atoms with Gasteiger partial charge in [-0.05, 0) is 54.0 Å². The SMILES string of the molecule is CN1CCN(CC(=O)N2C(C)(C)CCCC2(C)C)CC1. The minimum Gasteiger partial charge on any atom is -0.331 e. The van der Waals surface area contributed by atoms with Gasteiger partial charge in [0, 0.05) is 37.3 Å². The topological polar surface area (TPSA) is 26.8 Å². The Labute approximate surface area is 124 Å². The predicted molar refractivity (Wildman–Crippen MR) is 82.8 cm³/mol. The van der Waals surface area contributed by atoms with Gasteiger partial charge in [0.05, 0.1) is 6.54 Å². The average molecular weight is 281 g/mol. The van der Waals surface area contributed by atoms with Crippen molar-refractivity contribution in [2.45, 2.75) is 58.0 Å². The Morgan fingerprint density at radius 3 is 1.95 bits per heavy atom. The van der Waals surface area contributed by atoms with Crippen LogP contribution in [0.1, 0.15) is 47.0 Å². The fraction of sp³-hybridized carbons (Fsp3) is 0.938. The average Bonchev–Trinajstić information content (AvgIpc) is 2.29. The molecule has 4 heteroatoms. The largest absolute Gasteiger partial charge is 0.331 e. The van der Waals surface area contributed by atoms with Gasteiger partial charge in [-0.1, -0.05) is 0 Å². The zero-order valence-electron chi connectivity index (χ0n) is 13.9. The number of carbonyl (C=O) groups is 1. The Balaban J connectivity index is 2.02. The lowest BCUT2D eigenvalue weighted by Crippen LogP contribution is -2.63. The van der Waals surface area contributed by atoms with Gasteiger partial charge in [-0.15, -0.1) is 0 Å². The number of hydrogen-bond donors (Lipinski definition) is 0. The van der Waals surface area contributed by atoms with Gasteiger partial charge in [0.25, 0.3) is 0 Å². The lowest BCUT2D eigenvalue weighted by atomic mass is 9.79. The molecule has 0 aromatic heterocycles. The fourth-order valence-electron chi connectivity index (χ4n) is 3.94. The first-order chi connectivity index (χ1) is 9.22. The van der Waals surface area contributed by atoms with Gasteiger partial charge in [-0.25, -0.2) is 0 Å². The monoisotopic (exact) mass is 281 g/mol. The number of carbonyl (C=O) groups excluding carboxylic acids is 1. The lowest BCUT2D eigenvalue weighted by molar-refractivity contribution is -0.150. The molecule has 1 amide bonds. The molecule has 116 valence electrons. The van der Waals surface area contributed by atoms with Crippen molar-refractivity contribution < 1.29 is 4.79 Å². The maximum absolute atomic E-state index is 12.8. The normalized spacial score (nSPS) is 27.6. The van der Waals surface area contributed by atoms with Gasteiger partial charge in [0.15, 0.2) is 0 Å². The second kappa shape index (κ2) is 5.64. The Bertz CT molecular complexity index is 341. The van der Waals surface area contributed by atoms with E-state index in [4.69, 9.17) is 0 Å². The summed E-state index contributed by atoms with van der Waals surface area (Å²) in [4.78, 5) is 19.7. The highest BCUT2D eigenvalue weighted by Crippen LogP contribution is 2.38. The lowest BCUT2D eigenvalue weighted by Gasteiger charge is -2.53. The van der Waals surface area contributed by atoms with Gasteiger partial charge in [-0.3, -0.25) is 9.69 Å². The van der Waals surface area contributed by atoms with Crippen LogP contribution in [0.3, 0.4) is 0 Å². The highest BCUT2D eigenvalue weighted by atomic mass is 16.2. The smallest absolute Gasteiger partial charge is 0.237 e. The highest BCUT2D eigenvalue weighted by Gasteiger charge is 2.44. The van der Waals surface area contributed by atoms with Crippen molar-refractivity contribution >= 4 is 5.91 Å². The number of piperidine rings is 1. The summed E-state index contributed by atoms with van der Waals surface area (Å²) in [5, 5.41) is 0. The molecule has 0 radical (unpaired) electrons. The van der Waals surface area contributed by atoms with Gasteiger partial charge in [-0.2, -0.15) is 0 Å². The molecule has 0 bridgehead atoms. The molecule has 0 N–H and O–H groups in total. The highest BCUT2D eigenvalue weighted by molar-refractivity contribution is 5.80. The van der Waals surface area contributed by atoms with Gasteiger partial charge in [0.2, 0.25) is 5.91 Å². The van der Waals surface area contributed by atoms with Crippen LogP contribution in [0.5, 0.6) is 0 Å². The van der Waals surface area contributed by atoms with Crippen molar-refractivity contribution in [2.75, 3.05) is 39.8 Å². The molecule has 2 rings (SSSR count). The molecule has 2 aliphatic rings. The van der Waals surface area contributed by atoms with Gasteiger partial charge in [0.1, 0.15) is 0 Å². The van der Waals surface area contributed by atoms with E-state index in [2.05, 4.69) is 49.4 Å².